The Morgan fingerprint density at radius 1 is 0.967 bits per heavy atom. The van der Waals surface area contributed by atoms with Crippen molar-refractivity contribution >= 4 is 11.6 Å². The third-order valence-corrected chi connectivity index (χ3v) is 5.85. The summed E-state index contributed by atoms with van der Waals surface area (Å²) in [6.45, 7) is 1.05. The van der Waals surface area contributed by atoms with E-state index in [0.29, 0.717) is 11.5 Å². The molecule has 0 heterocycles. The summed E-state index contributed by atoms with van der Waals surface area (Å²) in [4.78, 5) is 12.7. The molecule has 1 unspecified atom stereocenters. The summed E-state index contributed by atoms with van der Waals surface area (Å²) in [7, 11) is 2.01. The van der Waals surface area contributed by atoms with Crippen molar-refractivity contribution in [1.29, 1.82) is 0 Å². The minimum atomic E-state index is -0.256. The predicted molar refractivity (Wildman–Crippen MR) is 120 cm³/mol. The number of hydrogen-bond acceptors (Lipinski definition) is 2. The third-order valence-electron chi connectivity index (χ3n) is 5.85. The molecule has 3 aromatic rings. The van der Waals surface area contributed by atoms with Gasteiger partial charge in [-0.15, -0.1) is 0 Å². The number of nitrogens with one attached hydrogen (secondary N) is 2. The standard InChI is InChI=1S/C26H27FN2O/c1-28-17-18-3-2-4-22-16-25(14-11-23(22)15-18)29-26(30)21-7-5-19(6-8-21)20-9-12-24(27)13-10-20/h5-14,16,18,28H,2-4,15,17H2,1H3,(H,29,30). The Hall–Kier alpha value is -2.98. The van der Waals surface area contributed by atoms with Gasteiger partial charge in [-0.3, -0.25) is 4.79 Å². The molecule has 0 saturated carbocycles. The molecule has 0 radical (unpaired) electrons. The molecule has 0 bridgehead atoms. The van der Waals surface area contributed by atoms with E-state index in [1.54, 1.807) is 24.3 Å². The topological polar surface area (TPSA) is 41.1 Å². The fourth-order valence-corrected chi connectivity index (χ4v) is 4.25. The lowest BCUT2D eigenvalue weighted by Crippen LogP contribution is -2.20. The number of rotatable bonds is 5. The van der Waals surface area contributed by atoms with Gasteiger partial charge >= 0.3 is 0 Å². The van der Waals surface area contributed by atoms with Crippen LogP contribution in [0.2, 0.25) is 0 Å². The lowest BCUT2D eigenvalue weighted by Gasteiger charge is -2.14. The average molecular weight is 403 g/mol. The Labute approximate surface area is 177 Å². The van der Waals surface area contributed by atoms with Crippen LogP contribution in [-0.2, 0) is 12.8 Å². The largest absolute Gasteiger partial charge is 0.322 e. The highest BCUT2D eigenvalue weighted by Gasteiger charge is 2.17. The van der Waals surface area contributed by atoms with Crippen LogP contribution in [0.1, 0.15) is 34.3 Å². The molecule has 0 spiro atoms. The first-order valence-corrected chi connectivity index (χ1v) is 10.6. The molecule has 1 aliphatic rings. The van der Waals surface area contributed by atoms with E-state index in [1.807, 2.05) is 25.2 Å². The Balaban J connectivity index is 1.45. The van der Waals surface area contributed by atoms with Crippen LogP contribution in [0.5, 0.6) is 0 Å². The van der Waals surface area contributed by atoms with Crippen molar-refractivity contribution in [3.8, 4) is 11.1 Å². The molecule has 2 N–H and O–H groups in total. The molecular weight excluding hydrogens is 375 g/mol. The van der Waals surface area contributed by atoms with Crippen LogP contribution in [0.4, 0.5) is 10.1 Å². The van der Waals surface area contributed by atoms with E-state index in [9.17, 15) is 9.18 Å². The van der Waals surface area contributed by atoms with E-state index in [4.69, 9.17) is 0 Å². The van der Waals surface area contributed by atoms with Crippen LogP contribution in [0.15, 0.2) is 66.7 Å². The van der Waals surface area contributed by atoms with Gasteiger partial charge in [-0.2, -0.15) is 0 Å². The minimum absolute atomic E-state index is 0.123. The van der Waals surface area contributed by atoms with Gasteiger partial charge in [0.1, 0.15) is 5.82 Å². The van der Waals surface area contributed by atoms with Crippen molar-refractivity contribution in [2.75, 3.05) is 18.9 Å². The minimum Gasteiger partial charge on any atom is -0.322 e. The Kier molecular flexibility index (Phi) is 6.24. The monoisotopic (exact) mass is 402 g/mol. The first kappa shape index (κ1) is 20.3. The number of aryl methyl sites for hydroxylation is 1. The van der Waals surface area contributed by atoms with E-state index < -0.39 is 0 Å². The van der Waals surface area contributed by atoms with Gasteiger partial charge in [0.2, 0.25) is 0 Å². The summed E-state index contributed by atoms with van der Waals surface area (Å²) in [5, 5.41) is 6.33. The molecule has 0 aliphatic heterocycles. The summed E-state index contributed by atoms with van der Waals surface area (Å²) in [6, 6.07) is 20.0. The summed E-state index contributed by atoms with van der Waals surface area (Å²) in [6.07, 6.45) is 4.57. The normalized spacial score (nSPS) is 15.9. The molecule has 1 amide bonds. The maximum Gasteiger partial charge on any atom is 0.255 e. The number of carbonyl (C=O) groups is 1. The SMILES string of the molecule is CNCC1CCCc2cc(NC(=O)c3ccc(-c4ccc(F)cc4)cc3)ccc2C1. The Morgan fingerprint density at radius 2 is 1.67 bits per heavy atom. The molecule has 30 heavy (non-hydrogen) atoms. The third kappa shape index (κ3) is 4.77. The van der Waals surface area contributed by atoms with Crippen LogP contribution in [0.3, 0.4) is 0 Å². The van der Waals surface area contributed by atoms with Crippen molar-refractivity contribution in [2.45, 2.75) is 25.7 Å². The zero-order chi connectivity index (χ0) is 20.9. The van der Waals surface area contributed by atoms with Crippen molar-refractivity contribution in [3.05, 3.63) is 89.2 Å². The maximum absolute atomic E-state index is 13.1. The zero-order valence-electron chi connectivity index (χ0n) is 17.2. The van der Waals surface area contributed by atoms with Gasteiger partial charge in [-0.05, 0) is 104 Å². The van der Waals surface area contributed by atoms with Gasteiger partial charge in [-0.25, -0.2) is 4.39 Å². The first-order chi connectivity index (χ1) is 14.6. The predicted octanol–water partition coefficient (Wildman–Crippen LogP) is 5.46. The molecule has 0 fully saturated rings. The molecule has 0 aromatic heterocycles. The lowest BCUT2D eigenvalue weighted by atomic mass is 9.96. The van der Waals surface area contributed by atoms with E-state index >= 15 is 0 Å². The van der Waals surface area contributed by atoms with Crippen molar-refractivity contribution < 1.29 is 9.18 Å². The fourth-order valence-electron chi connectivity index (χ4n) is 4.25. The van der Waals surface area contributed by atoms with Gasteiger partial charge in [0.15, 0.2) is 0 Å². The number of hydrogen-bond donors (Lipinski definition) is 2. The molecule has 4 rings (SSSR count). The zero-order valence-corrected chi connectivity index (χ0v) is 17.2. The summed E-state index contributed by atoms with van der Waals surface area (Å²) in [5.41, 5.74) is 6.06. The number of anilines is 1. The number of benzene rings is 3. The lowest BCUT2D eigenvalue weighted by molar-refractivity contribution is 0.102. The number of amides is 1. The van der Waals surface area contributed by atoms with Gasteiger partial charge in [-0.1, -0.05) is 30.3 Å². The number of carbonyl (C=O) groups excluding carboxylic acids is 1. The van der Waals surface area contributed by atoms with Crippen molar-refractivity contribution in [1.82, 2.24) is 5.32 Å². The average Bonchev–Trinajstić information content (AvgIpc) is 2.96. The van der Waals surface area contributed by atoms with Crippen LogP contribution in [0.25, 0.3) is 11.1 Å². The molecule has 1 aliphatic carbocycles. The van der Waals surface area contributed by atoms with Crippen LogP contribution in [0, 0.1) is 11.7 Å². The van der Waals surface area contributed by atoms with Crippen molar-refractivity contribution in [2.24, 2.45) is 5.92 Å². The second-order valence-corrected chi connectivity index (χ2v) is 8.04. The highest BCUT2D eigenvalue weighted by Crippen LogP contribution is 2.27. The molecule has 3 aromatic carbocycles. The quantitative estimate of drug-likeness (QED) is 0.557. The maximum atomic E-state index is 13.1. The molecule has 3 nitrogen and oxygen atoms in total. The molecule has 4 heteroatoms. The summed E-state index contributed by atoms with van der Waals surface area (Å²) >= 11 is 0. The Morgan fingerprint density at radius 3 is 2.37 bits per heavy atom. The Bertz CT molecular complexity index is 1010. The highest BCUT2D eigenvalue weighted by atomic mass is 19.1. The second-order valence-electron chi connectivity index (χ2n) is 8.04. The molecule has 1 atom stereocenters. The molecule has 154 valence electrons. The first-order valence-electron chi connectivity index (χ1n) is 10.6. The molecular formula is C26H27FN2O. The van der Waals surface area contributed by atoms with Gasteiger partial charge in [0, 0.05) is 11.3 Å². The second kappa shape index (κ2) is 9.23. The van der Waals surface area contributed by atoms with E-state index in [1.165, 1.54) is 36.1 Å². The fraction of sp³-hybridized carbons (Fsp3) is 0.269. The van der Waals surface area contributed by atoms with Crippen molar-refractivity contribution in [3.63, 3.8) is 0 Å². The van der Waals surface area contributed by atoms with Crippen LogP contribution >= 0.6 is 0 Å². The highest BCUT2D eigenvalue weighted by molar-refractivity contribution is 6.04. The van der Waals surface area contributed by atoms with Gasteiger partial charge < -0.3 is 10.6 Å². The van der Waals surface area contributed by atoms with E-state index in [-0.39, 0.29) is 11.7 Å². The van der Waals surface area contributed by atoms with Crippen LogP contribution < -0.4 is 10.6 Å². The number of fused-ring (bicyclic) bond motifs is 1. The van der Waals surface area contributed by atoms with Gasteiger partial charge in [0.05, 0.1) is 0 Å². The summed E-state index contributed by atoms with van der Waals surface area (Å²) in [5.74, 6) is 0.298. The van der Waals surface area contributed by atoms with Crippen LogP contribution in [-0.4, -0.2) is 19.5 Å². The summed E-state index contributed by atoms with van der Waals surface area (Å²) < 4.78 is 13.1. The van der Waals surface area contributed by atoms with E-state index in [0.717, 1.165) is 36.2 Å². The van der Waals surface area contributed by atoms with Gasteiger partial charge in [0.25, 0.3) is 5.91 Å². The molecule has 0 saturated heterocycles. The number of halogens is 1. The van der Waals surface area contributed by atoms with E-state index in [2.05, 4.69) is 22.8 Å². The smallest absolute Gasteiger partial charge is 0.255 e.